The van der Waals surface area contributed by atoms with Crippen LogP contribution in [0.5, 0.6) is 5.75 Å². The number of aliphatic hydroxyl groups excluding tert-OH is 1. The fourth-order valence-electron chi connectivity index (χ4n) is 1.28. The topological polar surface area (TPSA) is 46.5 Å². The second kappa shape index (κ2) is 10.8. The van der Waals surface area contributed by atoms with Gasteiger partial charge in [0.2, 0.25) is 0 Å². The number of benzene rings is 1. The normalized spacial score (nSPS) is 10.7. The Morgan fingerprint density at radius 3 is 2.35 bits per heavy atom. The molecule has 1 rings (SSSR count). The molecule has 1 aromatic carbocycles. The molecule has 0 aliphatic heterocycles. The van der Waals surface area contributed by atoms with Crippen LogP contribution in [-0.2, 0) is 11.4 Å². The van der Waals surface area contributed by atoms with Crippen molar-refractivity contribution in [2.45, 2.75) is 27.4 Å². The van der Waals surface area contributed by atoms with Crippen LogP contribution in [0.4, 0.5) is 0 Å². The highest BCUT2D eigenvalue weighted by atomic mass is 16.5. The second-order valence-electron chi connectivity index (χ2n) is 3.53. The number of esters is 1. The highest BCUT2D eigenvalue weighted by Gasteiger charge is 2.08. The average molecular weight is 274 g/mol. The first-order valence-electron chi connectivity index (χ1n) is 6.58. The molecule has 1 aromatic rings. The van der Waals surface area contributed by atoms with Gasteiger partial charge in [0.25, 0.3) is 0 Å². The van der Waals surface area contributed by atoms with E-state index in [1.54, 1.807) is 55.5 Å². The molecule has 0 amide bonds. The smallest absolute Gasteiger partial charge is 0.343 e. The zero-order valence-corrected chi connectivity index (χ0v) is 12.3. The van der Waals surface area contributed by atoms with Gasteiger partial charge in [-0.25, -0.2) is 4.79 Å². The van der Waals surface area contributed by atoms with Crippen molar-refractivity contribution in [2.24, 2.45) is 0 Å². The van der Waals surface area contributed by atoms with Gasteiger partial charge in [-0.05, 0) is 30.7 Å². The number of ether oxygens (including phenoxy) is 1. The van der Waals surface area contributed by atoms with Crippen LogP contribution in [0.3, 0.4) is 0 Å². The number of allylic oxidation sites excluding steroid dienone is 3. The zero-order valence-electron chi connectivity index (χ0n) is 12.3. The monoisotopic (exact) mass is 274 g/mol. The van der Waals surface area contributed by atoms with Crippen LogP contribution in [0.25, 0.3) is 0 Å². The minimum atomic E-state index is -0.424. The van der Waals surface area contributed by atoms with E-state index >= 15 is 0 Å². The number of carbonyl (C=O) groups is 1. The van der Waals surface area contributed by atoms with Gasteiger partial charge < -0.3 is 9.84 Å². The first-order chi connectivity index (χ1) is 9.71. The average Bonchev–Trinajstić information content (AvgIpc) is 2.51. The van der Waals surface area contributed by atoms with Crippen LogP contribution in [0.2, 0.25) is 0 Å². The van der Waals surface area contributed by atoms with Crippen LogP contribution in [0.1, 0.15) is 26.3 Å². The van der Waals surface area contributed by atoms with Crippen molar-refractivity contribution in [1.29, 1.82) is 0 Å². The summed E-state index contributed by atoms with van der Waals surface area (Å²) in [5.41, 5.74) is 1.23. The van der Waals surface area contributed by atoms with E-state index in [1.807, 2.05) is 13.8 Å². The summed E-state index contributed by atoms with van der Waals surface area (Å²) >= 11 is 0. The molecule has 3 heteroatoms. The second-order valence-corrected chi connectivity index (χ2v) is 3.53. The van der Waals surface area contributed by atoms with Gasteiger partial charge >= 0.3 is 5.97 Å². The lowest BCUT2D eigenvalue weighted by Crippen LogP contribution is -2.09. The van der Waals surface area contributed by atoms with Gasteiger partial charge in [-0.2, -0.15) is 0 Å². The van der Waals surface area contributed by atoms with Gasteiger partial charge in [0.05, 0.1) is 12.2 Å². The molecule has 0 unspecified atom stereocenters. The van der Waals surface area contributed by atoms with Gasteiger partial charge in [-0.3, -0.25) is 0 Å². The molecule has 0 aromatic heterocycles. The molecule has 0 saturated carbocycles. The highest BCUT2D eigenvalue weighted by Crippen LogP contribution is 2.14. The third-order valence-electron chi connectivity index (χ3n) is 2.28. The molecule has 0 spiro atoms. The van der Waals surface area contributed by atoms with Gasteiger partial charge in [0, 0.05) is 0 Å². The van der Waals surface area contributed by atoms with Crippen LogP contribution < -0.4 is 4.74 Å². The van der Waals surface area contributed by atoms with E-state index in [0.717, 1.165) is 5.56 Å². The number of hydrogen-bond acceptors (Lipinski definition) is 3. The van der Waals surface area contributed by atoms with Crippen molar-refractivity contribution in [3.8, 4) is 5.75 Å². The number of aliphatic hydroxyl groups is 1. The maximum absolute atomic E-state index is 11.8. The fraction of sp³-hybridized carbons (Fsp3) is 0.235. The molecule has 3 nitrogen and oxygen atoms in total. The molecule has 0 atom stereocenters. The van der Waals surface area contributed by atoms with E-state index in [4.69, 9.17) is 9.84 Å². The highest BCUT2D eigenvalue weighted by molar-refractivity contribution is 5.93. The lowest BCUT2D eigenvalue weighted by atomic mass is 10.2. The lowest BCUT2D eigenvalue weighted by molar-refractivity contribution is -0.129. The van der Waals surface area contributed by atoms with E-state index in [2.05, 4.69) is 6.58 Å². The predicted molar refractivity (Wildman–Crippen MR) is 82.4 cm³/mol. The minimum absolute atomic E-state index is 0.0313. The SMILES string of the molecule is C=C/C=C\C(=C/C)C(=O)Oc1ccc(CO)cc1.CC. The van der Waals surface area contributed by atoms with E-state index < -0.39 is 5.97 Å². The van der Waals surface area contributed by atoms with Crippen molar-refractivity contribution in [2.75, 3.05) is 0 Å². The standard InChI is InChI=1S/C15H16O3.C2H6/c1-3-5-6-13(4-2)15(17)18-14-9-7-12(11-16)8-10-14;1-2/h3-10,16H,1,11H2,2H3;1-2H3/b6-5-,13-4+;. The summed E-state index contributed by atoms with van der Waals surface area (Å²) in [5, 5.41) is 8.90. The van der Waals surface area contributed by atoms with Crippen LogP contribution >= 0.6 is 0 Å². The molecule has 0 bridgehead atoms. The number of hydrogen-bond donors (Lipinski definition) is 1. The number of rotatable bonds is 5. The molecule has 0 saturated heterocycles. The van der Waals surface area contributed by atoms with Crippen LogP contribution in [0, 0.1) is 0 Å². The van der Waals surface area contributed by atoms with Gasteiger partial charge in [-0.1, -0.05) is 50.8 Å². The van der Waals surface area contributed by atoms with Crippen molar-refractivity contribution in [1.82, 2.24) is 0 Å². The Bertz CT molecular complexity index is 468. The molecule has 0 radical (unpaired) electrons. The van der Waals surface area contributed by atoms with E-state index in [0.29, 0.717) is 11.3 Å². The van der Waals surface area contributed by atoms with Gasteiger partial charge in [0.1, 0.15) is 5.75 Å². The molecule has 0 fully saturated rings. The number of carbonyl (C=O) groups excluding carboxylic acids is 1. The summed E-state index contributed by atoms with van der Waals surface area (Å²) in [7, 11) is 0. The molecule has 0 aliphatic rings. The largest absolute Gasteiger partial charge is 0.423 e. The summed E-state index contributed by atoms with van der Waals surface area (Å²) < 4.78 is 5.19. The Hall–Kier alpha value is -2.13. The third-order valence-corrected chi connectivity index (χ3v) is 2.28. The maximum Gasteiger partial charge on any atom is 0.343 e. The van der Waals surface area contributed by atoms with Crippen molar-refractivity contribution in [3.05, 3.63) is 66.3 Å². The van der Waals surface area contributed by atoms with E-state index in [9.17, 15) is 4.79 Å². The molecule has 0 aliphatic carbocycles. The predicted octanol–water partition coefficient (Wildman–Crippen LogP) is 3.80. The molecule has 20 heavy (non-hydrogen) atoms. The molecular formula is C17H22O3. The maximum atomic E-state index is 11.8. The molecule has 1 N–H and O–H groups in total. The summed E-state index contributed by atoms with van der Waals surface area (Å²) in [6.07, 6.45) is 6.57. The Balaban J connectivity index is 0.00000172. The van der Waals surface area contributed by atoms with Gasteiger partial charge in [0.15, 0.2) is 0 Å². The Morgan fingerprint density at radius 1 is 1.30 bits per heavy atom. The summed E-state index contributed by atoms with van der Waals surface area (Å²) in [5.74, 6) is 0.0240. The first-order valence-corrected chi connectivity index (χ1v) is 6.58. The zero-order chi connectivity index (χ0) is 15.4. The van der Waals surface area contributed by atoms with Gasteiger partial charge in [-0.15, -0.1) is 0 Å². The Morgan fingerprint density at radius 2 is 1.90 bits per heavy atom. The lowest BCUT2D eigenvalue weighted by Gasteiger charge is -2.05. The summed E-state index contributed by atoms with van der Waals surface area (Å²) in [6, 6.07) is 6.71. The summed E-state index contributed by atoms with van der Waals surface area (Å²) in [4.78, 5) is 11.8. The van der Waals surface area contributed by atoms with E-state index in [1.165, 1.54) is 0 Å². The van der Waals surface area contributed by atoms with Crippen molar-refractivity contribution >= 4 is 5.97 Å². The van der Waals surface area contributed by atoms with Crippen molar-refractivity contribution in [3.63, 3.8) is 0 Å². The minimum Gasteiger partial charge on any atom is -0.423 e. The molecular weight excluding hydrogens is 252 g/mol. The van der Waals surface area contributed by atoms with Crippen LogP contribution in [0.15, 0.2) is 60.7 Å². The Kier molecular flexibility index (Phi) is 9.62. The summed E-state index contributed by atoms with van der Waals surface area (Å²) in [6.45, 7) is 9.27. The van der Waals surface area contributed by atoms with E-state index in [-0.39, 0.29) is 6.61 Å². The Labute approximate surface area is 120 Å². The third kappa shape index (κ3) is 6.16. The van der Waals surface area contributed by atoms with Crippen LogP contribution in [-0.4, -0.2) is 11.1 Å². The molecule has 0 heterocycles. The first kappa shape index (κ1) is 17.9. The fourth-order valence-corrected chi connectivity index (χ4v) is 1.28. The quantitative estimate of drug-likeness (QED) is 0.384. The van der Waals surface area contributed by atoms with Crippen molar-refractivity contribution < 1.29 is 14.6 Å². The molecule has 108 valence electrons.